The molecule has 5 unspecified atom stereocenters. The van der Waals surface area contributed by atoms with Crippen molar-refractivity contribution < 1.29 is 19.5 Å². The van der Waals surface area contributed by atoms with Crippen LogP contribution in [0.1, 0.15) is 72.9 Å². The Bertz CT molecular complexity index is 866. The van der Waals surface area contributed by atoms with E-state index < -0.39 is 23.6 Å². The van der Waals surface area contributed by atoms with Crippen LogP contribution < -0.4 is 10.6 Å². The Balaban J connectivity index is 2.18. The number of β-amino-alcohol motifs (C(OH)–C–C–N with tert-alkyl or cyclic N) is 1. The summed E-state index contributed by atoms with van der Waals surface area (Å²) >= 11 is 5.95. The number of halogens is 1. The minimum Gasteiger partial charge on any atom is -0.391 e. The Labute approximate surface area is 208 Å². The smallest absolute Gasteiger partial charge is 0.246 e. The molecule has 1 heterocycles. The summed E-state index contributed by atoms with van der Waals surface area (Å²) in [4.78, 5) is 41.0. The third-order valence-electron chi connectivity index (χ3n) is 6.27. The molecule has 1 aliphatic rings. The Hall–Kier alpha value is -2.12. The number of carbonyl (C=O) groups is 3. The molecule has 3 amide bonds. The molecule has 0 aromatic heterocycles. The van der Waals surface area contributed by atoms with E-state index in [1.807, 2.05) is 46.8 Å². The van der Waals surface area contributed by atoms with E-state index in [-0.39, 0.29) is 42.6 Å². The monoisotopic (exact) mass is 493 g/mol. The minimum atomic E-state index is -0.816. The van der Waals surface area contributed by atoms with Gasteiger partial charge in [-0.3, -0.25) is 14.4 Å². The average molecular weight is 494 g/mol. The first-order valence-electron chi connectivity index (χ1n) is 12.1. The number of amides is 3. The van der Waals surface area contributed by atoms with Crippen LogP contribution in [0.3, 0.4) is 0 Å². The number of hydrogen-bond acceptors (Lipinski definition) is 4. The molecule has 34 heavy (non-hydrogen) atoms. The molecule has 0 aliphatic carbocycles. The normalized spacial score (nSPS) is 21.2. The standard InChI is InChI=1S/C26H40ClN3O4/c1-15(2)12-16(3)23(32)29-22(26(5,6)7)25(34)30-14-20(31)13-21(30)24(33)28-17(4)18-8-10-19(27)11-9-18/h8-11,15-17,20-22,31H,12-14H2,1-7H3,(H,28,33)(H,29,32). The van der Waals surface area contributed by atoms with Gasteiger partial charge in [0.25, 0.3) is 0 Å². The first kappa shape index (κ1) is 28.1. The van der Waals surface area contributed by atoms with Crippen LogP contribution in [0.5, 0.6) is 0 Å². The van der Waals surface area contributed by atoms with Crippen molar-refractivity contribution in [2.45, 2.75) is 85.5 Å². The fraction of sp³-hybridized carbons (Fsp3) is 0.654. The van der Waals surface area contributed by atoms with Gasteiger partial charge in [-0.2, -0.15) is 0 Å². The van der Waals surface area contributed by atoms with Crippen LogP contribution in [0.15, 0.2) is 24.3 Å². The van der Waals surface area contributed by atoms with Crippen LogP contribution in [0.25, 0.3) is 0 Å². The summed E-state index contributed by atoms with van der Waals surface area (Å²) in [5.74, 6) is -0.748. The van der Waals surface area contributed by atoms with Crippen LogP contribution in [0.4, 0.5) is 0 Å². The van der Waals surface area contributed by atoms with Crippen molar-refractivity contribution in [2.24, 2.45) is 17.3 Å². The van der Waals surface area contributed by atoms with Crippen molar-refractivity contribution >= 4 is 29.3 Å². The number of hydrogen-bond donors (Lipinski definition) is 3. The van der Waals surface area contributed by atoms with Crippen molar-refractivity contribution in [1.29, 1.82) is 0 Å². The van der Waals surface area contributed by atoms with Gasteiger partial charge >= 0.3 is 0 Å². The summed E-state index contributed by atoms with van der Waals surface area (Å²) in [6, 6.07) is 5.26. The predicted molar refractivity (Wildman–Crippen MR) is 134 cm³/mol. The van der Waals surface area contributed by atoms with E-state index >= 15 is 0 Å². The van der Waals surface area contributed by atoms with Gasteiger partial charge in [0.05, 0.1) is 12.1 Å². The average Bonchev–Trinajstić information content (AvgIpc) is 3.12. The van der Waals surface area contributed by atoms with Gasteiger partial charge in [0.15, 0.2) is 0 Å². The summed E-state index contributed by atoms with van der Waals surface area (Å²) < 4.78 is 0. The Kier molecular flexibility index (Phi) is 9.54. The summed E-state index contributed by atoms with van der Waals surface area (Å²) in [6.07, 6.45) is 0.0635. The van der Waals surface area contributed by atoms with Gasteiger partial charge in [-0.1, -0.05) is 65.3 Å². The number of nitrogens with zero attached hydrogens (tertiary/aromatic N) is 1. The Morgan fingerprint density at radius 3 is 2.21 bits per heavy atom. The van der Waals surface area contributed by atoms with Gasteiger partial charge in [-0.15, -0.1) is 0 Å². The maximum absolute atomic E-state index is 13.6. The zero-order chi connectivity index (χ0) is 25.8. The van der Waals surface area contributed by atoms with Gasteiger partial charge in [-0.05, 0) is 42.4 Å². The highest BCUT2D eigenvalue weighted by molar-refractivity contribution is 6.30. The molecule has 7 nitrogen and oxygen atoms in total. The highest BCUT2D eigenvalue weighted by Crippen LogP contribution is 2.27. The van der Waals surface area contributed by atoms with Gasteiger partial charge in [0, 0.05) is 23.9 Å². The number of carbonyl (C=O) groups excluding carboxylic acids is 3. The number of aliphatic hydroxyl groups excluding tert-OH is 1. The lowest BCUT2D eigenvalue weighted by atomic mass is 9.85. The second kappa shape index (κ2) is 11.5. The zero-order valence-electron chi connectivity index (χ0n) is 21.4. The van der Waals surface area contributed by atoms with Crippen LogP contribution in [0, 0.1) is 17.3 Å². The molecule has 8 heteroatoms. The summed E-state index contributed by atoms with van der Waals surface area (Å²) in [7, 11) is 0. The van der Waals surface area contributed by atoms with E-state index in [1.54, 1.807) is 12.1 Å². The molecule has 1 aromatic carbocycles. The van der Waals surface area contributed by atoms with Crippen LogP contribution in [-0.2, 0) is 14.4 Å². The van der Waals surface area contributed by atoms with Crippen molar-refractivity contribution in [2.75, 3.05) is 6.54 Å². The molecule has 0 bridgehead atoms. The topological polar surface area (TPSA) is 98.7 Å². The van der Waals surface area contributed by atoms with Gasteiger partial charge in [0.1, 0.15) is 12.1 Å². The van der Waals surface area contributed by atoms with Crippen LogP contribution in [-0.4, -0.2) is 52.5 Å². The first-order chi connectivity index (χ1) is 15.7. The molecule has 5 atom stereocenters. The number of likely N-dealkylation sites (tertiary alicyclic amines) is 1. The van der Waals surface area contributed by atoms with Crippen molar-refractivity contribution in [3.8, 4) is 0 Å². The largest absolute Gasteiger partial charge is 0.391 e. The van der Waals surface area contributed by atoms with Gasteiger partial charge in [-0.25, -0.2) is 0 Å². The van der Waals surface area contributed by atoms with E-state index in [0.29, 0.717) is 17.4 Å². The van der Waals surface area contributed by atoms with Crippen LogP contribution in [0.2, 0.25) is 5.02 Å². The molecular formula is C26H40ClN3O4. The van der Waals surface area contributed by atoms with E-state index in [0.717, 1.165) is 5.56 Å². The molecule has 1 fully saturated rings. The molecule has 1 aliphatic heterocycles. The van der Waals surface area contributed by atoms with E-state index in [9.17, 15) is 19.5 Å². The molecule has 190 valence electrons. The predicted octanol–water partition coefficient (Wildman–Crippen LogP) is 3.69. The molecule has 0 radical (unpaired) electrons. The Morgan fingerprint density at radius 2 is 1.68 bits per heavy atom. The quantitative estimate of drug-likeness (QED) is 0.514. The fourth-order valence-corrected chi connectivity index (χ4v) is 4.49. The minimum absolute atomic E-state index is 0.0518. The Morgan fingerprint density at radius 1 is 1.09 bits per heavy atom. The zero-order valence-corrected chi connectivity index (χ0v) is 22.1. The fourth-order valence-electron chi connectivity index (χ4n) is 4.36. The molecule has 1 aromatic rings. The highest BCUT2D eigenvalue weighted by atomic mass is 35.5. The van der Waals surface area contributed by atoms with E-state index in [4.69, 9.17) is 11.6 Å². The molecule has 0 spiro atoms. The van der Waals surface area contributed by atoms with Crippen molar-refractivity contribution in [1.82, 2.24) is 15.5 Å². The first-order valence-corrected chi connectivity index (χ1v) is 12.4. The summed E-state index contributed by atoms with van der Waals surface area (Å²) in [5.41, 5.74) is 0.309. The lowest BCUT2D eigenvalue weighted by Gasteiger charge is -2.36. The number of benzene rings is 1. The molecule has 0 saturated carbocycles. The summed E-state index contributed by atoms with van der Waals surface area (Å²) in [6.45, 7) is 13.5. The maximum Gasteiger partial charge on any atom is 0.246 e. The lowest BCUT2D eigenvalue weighted by Crippen LogP contribution is -2.58. The third kappa shape index (κ3) is 7.44. The van der Waals surface area contributed by atoms with Crippen LogP contribution >= 0.6 is 11.6 Å². The third-order valence-corrected chi connectivity index (χ3v) is 6.52. The molecule has 3 N–H and O–H groups in total. The second-order valence-electron chi connectivity index (χ2n) is 11.0. The molecule has 1 saturated heterocycles. The highest BCUT2D eigenvalue weighted by Gasteiger charge is 2.44. The second-order valence-corrected chi connectivity index (χ2v) is 11.5. The lowest BCUT2D eigenvalue weighted by molar-refractivity contribution is -0.144. The van der Waals surface area contributed by atoms with Crippen molar-refractivity contribution in [3.05, 3.63) is 34.9 Å². The van der Waals surface area contributed by atoms with Gasteiger partial charge < -0.3 is 20.6 Å². The molecule has 2 rings (SSSR count). The molecular weight excluding hydrogens is 454 g/mol. The number of nitrogens with one attached hydrogen (secondary N) is 2. The van der Waals surface area contributed by atoms with E-state index in [1.165, 1.54) is 4.90 Å². The number of rotatable bonds is 8. The van der Waals surface area contributed by atoms with E-state index in [2.05, 4.69) is 24.5 Å². The number of aliphatic hydroxyl groups is 1. The van der Waals surface area contributed by atoms with Gasteiger partial charge in [0.2, 0.25) is 17.7 Å². The SMILES string of the molecule is CC(C)CC(C)C(=O)NC(C(=O)N1CC(O)CC1C(=O)NC(C)c1ccc(Cl)cc1)C(C)(C)C. The van der Waals surface area contributed by atoms with Crippen molar-refractivity contribution in [3.63, 3.8) is 0 Å². The summed E-state index contributed by atoms with van der Waals surface area (Å²) in [5, 5.41) is 16.8. The maximum atomic E-state index is 13.6.